The number of hydrogen-bond acceptors (Lipinski definition) is 4. The van der Waals surface area contributed by atoms with Crippen molar-refractivity contribution >= 4 is 6.09 Å². The molecular formula is C6H9NO4. The van der Waals surface area contributed by atoms with Gasteiger partial charge >= 0.3 is 6.09 Å². The molecule has 0 aliphatic carbocycles. The molecule has 0 aromatic heterocycles. The minimum absolute atomic E-state index is 0.103. The molecule has 5 heteroatoms. The zero-order valence-corrected chi connectivity index (χ0v) is 5.86. The Hall–Kier alpha value is -1.23. The van der Waals surface area contributed by atoms with Crippen molar-refractivity contribution in [3.05, 3.63) is 12.0 Å². The largest absolute Gasteiger partial charge is 0.512 e. The van der Waals surface area contributed by atoms with Gasteiger partial charge in [0.1, 0.15) is 6.26 Å². The Morgan fingerprint density at radius 1 is 1.73 bits per heavy atom. The van der Waals surface area contributed by atoms with Gasteiger partial charge in [-0.25, -0.2) is 4.79 Å². The molecule has 0 aromatic carbocycles. The maximum Gasteiger partial charge on any atom is 0.415 e. The van der Waals surface area contributed by atoms with Gasteiger partial charge in [0.05, 0.1) is 13.2 Å². The van der Waals surface area contributed by atoms with Gasteiger partial charge in [-0.05, 0) is 0 Å². The second-order valence-corrected chi connectivity index (χ2v) is 2.11. The Morgan fingerprint density at radius 2 is 2.45 bits per heavy atom. The Balaban J connectivity index is 2.52. The summed E-state index contributed by atoms with van der Waals surface area (Å²) in [6.07, 6.45) is 0.217. The van der Waals surface area contributed by atoms with E-state index >= 15 is 0 Å². The van der Waals surface area contributed by atoms with E-state index in [4.69, 9.17) is 10.2 Å². The van der Waals surface area contributed by atoms with E-state index in [-0.39, 0.29) is 25.5 Å². The van der Waals surface area contributed by atoms with E-state index in [0.717, 1.165) is 6.26 Å². The van der Waals surface area contributed by atoms with E-state index in [2.05, 4.69) is 4.74 Å². The molecule has 0 saturated carbocycles. The third-order valence-electron chi connectivity index (χ3n) is 1.34. The molecule has 1 aliphatic heterocycles. The molecule has 1 rings (SSSR count). The van der Waals surface area contributed by atoms with Crippen LogP contribution in [0, 0.1) is 0 Å². The highest BCUT2D eigenvalue weighted by Crippen LogP contribution is 2.12. The Kier molecular flexibility index (Phi) is 2.32. The van der Waals surface area contributed by atoms with Crippen LogP contribution in [0.5, 0.6) is 0 Å². The molecule has 1 saturated heterocycles. The summed E-state index contributed by atoms with van der Waals surface area (Å²) in [5, 5.41) is 16.9. The Bertz CT molecular complexity index is 189. The Morgan fingerprint density at radius 3 is 2.91 bits per heavy atom. The number of cyclic esters (lactones) is 1. The normalized spacial score (nSPS) is 21.0. The van der Waals surface area contributed by atoms with Crippen molar-refractivity contribution in [3.63, 3.8) is 0 Å². The fourth-order valence-corrected chi connectivity index (χ4v) is 0.820. The number of hydrogen-bond donors (Lipinski definition) is 2. The predicted octanol–water partition coefficient (Wildman–Crippen LogP) is -0.170. The van der Waals surface area contributed by atoms with Crippen LogP contribution in [0.2, 0.25) is 0 Å². The lowest BCUT2D eigenvalue weighted by molar-refractivity contribution is 0.157. The molecule has 2 N–H and O–H groups in total. The van der Waals surface area contributed by atoms with E-state index in [1.54, 1.807) is 0 Å². The lowest BCUT2D eigenvalue weighted by atomic mass is 10.5. The van der Waals surface area contributed by atoms with Crippen molar-refractivity contribution in [3.8, 4) is 0 Å². The number of aliphatic hydroxyl groups excluding tert-OH is 2. The van der Waals surface area contributed by atoms with Crippen molar-refractivity contribution < 1.29 is 19.7 Å². The maximum atomic E-state index is 10.8. The van der Waals surface area contributed by atoms with Crippen LogP contribution < -0.4 is 0 Å². The zero-order valence-electron chi connectivity index (χ0n) is 5.86. The molecule has 11 heavy (non-hydrogen) atoms. The average Bonchev–Trinajstić information content (AvgIpc) is 2.33. The van der Waals surface area contributed by atoms with E-state index < -0.39 is 6.09 Å². The van der Waals surface area contributed by atoms with Crippen LogP contribution in [0.15, 0.2) is 12.0 Å². The molecule has 0 spiro atoms. The minimum Gasteiger partial charge on any atom is -0.512 e. The SMILES string of the molecule is O=C1O/C(=C\O)CN1CCO. The van der Waals surface area contributed by atoms with Crippen LogP contribution in [0.3, 0.4) is 0 Å². The van der Waals surface area contributed by atoms with Gasteiger partial charge in [0.2, 0.25) is 0 Å². The van der Waals surface area contributed by atoms with Crippen LogP contribution in [-0.4, -0.2) is 40.9 Å². The number of β-amino-alcohol motifs (C(OH)–C–C–N with tert-alkyl or cyclic N) is 1. The number of amides is 1. The summed E-state index contributed by atoms with van der Waals surface area (Å²) in [6.45, 7) is 0.361. The first-order valence-electron chi connectivity index (χ1n) is 3.19. The molecule has 1 heterocycles. The predicted molar refractivity (Wildman–Crippen MR) is 35.9 cm³/mol. The zero-order chi connectivity index (χ0) is 8.27. The summed E-state index contributed by atoms with van der Waals surface area (Å²) >= 11 is 0. The van der Waals surface area contributed by atoms with Crippen molar-refractivity contribution in [1.29, 1.82) is 0 Å². The number of ether oxygens (including phenoxy) is 1. The third-order valence-corrected chi connectivity index (χ3v) is 1.34. The molecule has 1 amide bonds. The first-order valence-corrected chi connectivity index (χ1v) is 3.19. The fraction of sp³-hybridized carbons (Fsp3) is 0.500. The highest BCUT2D eigenvalue weighted by molar-refractivity contribution is 5.71. The molecule has 1 fully saturated rings. The van der Waals surface area contributed by atoms with Gasteiger partial charge in [-0.3, -0.25) is 4.90 Å². The standard InChI is InChI=1S/C6H9NO4/c8-2-1-7-3-5(4-9)11-6(7)10/h4,8-9H,1-3H2/b5-4-. The van der Waals surface area contributed by atoms with Crippen LogP contribution in [0.1, 0.15) is 0 Å². The van der Waals surface area contributed by atoms with Crippen LogP contribution >= 0.6 is 0 Å². The number of carbonyl (C=O) groups is 1. The monoisotopic (exact) mass is 159 g/mol. The molecule has 1 aliphatic rings. The first-order chi connectivity index (χ1) is 5.27. The highest BCUT2D eigenvalue weighted by Gasteiger charge is 2.25. The van der Waals surface area contributed by atoms with E-state index in [9.17, 15) is 4.79 Å². The summed E-state index contributed by atoms with van der Waals surface area (Å²) in [6, 6.07) is 0. The van der Waals surface area contributed by atoms with Gasteiger partial charge in [0.25, 0.3) is 0 Å². The van der Waals surface area contributed by atoms with E-state index in [1.165, 1.54) is 4.90 Å². The molecule has 0 aromatic rings. The molecule has 0 unspecified atom stereocenters. The highest BCUT2D eigenvalue weighted by atomic mass is 16.6. The Labute approximate surface area is 63.5 Å². The van der Waals surface area contributed by atoms with Gasteiger partial charge < -0.3 is 14.9 Å². The lowest BCUT2D eigenvalue weighted by Crippen LogP contribution is -2.27. The molecule has 5 nitrogen and oxygen atoms in total. The summed E-state index contributed by atoms with van der Waals surface area (Å²) in [7, 11) is 0. The quantitative estimate of drug-likeness (QED) is 0.549. The number of aliphatic hydroxyl groups is 2. The average molecular weight is 159 g/mol. The summed E-state index contributed by atoms with van der Waals surface area (Å²) in [5.74, 6) is 0.212. The second-order valence-electron chi connectivity index (χ2n) is 2.11. The first kappa shape index (κ1) is 7.87. The lowest BCUT2D eigenvalue weighted by Gasteiger charge is -2.07. The summed E-state index contributed by atoms with van der Waals surface area (Å²) in [4.78, 5) is 12.1. The van der Waals surface area contributed by atoms with Crippen LogP contribution in [0.25, 0.3) is 0 Å². The smallest absolute Gasteiger partial charge is 0.415 e. The van der Waals surface area contributed by atoms with Crippen molar-refractivity contribution in [2.24, 2.45) is 0 Å². The van der Waals surface area contributed by atoms with Crippen molar-refractivity contribution in [2.75, 3.05) is 19.7 Å². The fourth-order valence-electron chi connectivity index (χ4n) is 0.820. The van der Waals surface area contributed by atoms with Gasteiger partial charge in [0, 0.05) is 6.54 Å². The van der Waals surface area contributed by atoms with Crippen LogP contribution in [-0.2, 0) is 4.74 Å². The van der Waals surface area contributed by atoms with Crippen molar-refractivity contribution in [2.45, 2.75) is 0 Å². The second kappa shape index (κ2) is 3.25. The van der Waals surface area contributed by atoms with E-state index in [0.29, 0.717) is 0 Å². The van der Waals surface area contributed by atoms with E-state index in [1.807, 2.05) is 0 Å². The summed E-state index contributed by atoms with van der Waals surface area (Å²) in [5.41, 5.74) is 0. The van der Waals surface area contributed by atoms with Crippen molar-refractivity contribution in [1.82, 2.24) is 4.90 Å². The number of rotatable bonds is 2. The van der Waals surface area contributed by atoms with Gasteiger partial charge in [-0.2, -0.15) is 0 Å². The molecular weight excluding hydrogens is 150 g/mol. The van der Waals surface area contributed by atoms with Crippen LogP contribution in [0.4, 0.5) is 4.79 Å². The minimum atomic E-state index is -0.528. The molecule has 0 atom stereocenters. The van der Waals surface area contributed by atoms with Gasteiger partial charge in [0.15, 0.2) is 5.76 Å². The molecule has 0 radical (unpaired) electrons. The van der Waals surface area contributed by atoms with Gasteiger partial charge in [-0.15, -0.1) is 0 Å². The maximum absolute atomic E-state index is 10.8. The van der Waals surface area contributed by atoms with Gasteiger partial charge in [-0.1, -0.05) is 0 Å². The topological polar surface area (TPSA) is 70.0 Å². The molecule has 62 valence electrons. The third kappa shape index (κ3) is 1.62. The number of nitrogens with zero attached hydrogens (tertiary/aromatic N) is 1. The molecule has 0 bridgehead atoms. The summed E-state index contributed by atoms with van der Waals surface area (Å²) < 4.78 is 4.56. The number of carbonyl (C=O) groups excluding carboxylic acids is 1.